The van der Waals surface area contributed by atoms with Crippen molar-refractivity contribution in [1.29, 1.82) is 0 Å². The minimum Gasteiger partial charge on any atom is -0.377 e. The van der Waals surface area contributed by atoms with E-state index in [1.54, 1.807) is 0 Å². The van der Waals surface area contributed by atoms with Crippen LogP contribution in [0.1, 0.15) is 37.2 Å². The number of nitrogens with zero attached hydrogens (tertiary/aromatic N) is 1. The van der Waals surface area contributed by atoms with Crippen LogP contribution < -0.4 is 4.90 Å². The highest BCUT2D eigenvalue weighted by molar-refractivity contribution is 5.88. The topological polar surface area (TPSA) is 20.3 Å². The molecule has 1 aliphatic rings. The van der Waals surface area contributed by atoms with Gasteiger partial charge in [0.2, 0.25) is 0 Å². The lowest BCUT2D eigenvalue weighted by molar-refractivity contribution is -0.121. The molecule has 1 fully saturated rings. The van der Waals surface area contributed by atoms with Crippen LogP contribution >= 0.6 is 0 Å². The van der Waals surface area contributed by atoms with Crippen molar-refractivity contribution in [2.75, 3.05) is 19.0 Å². The van der Waals surface area contributed by atoms with Crippen LogP contribution in [0.15, 0.2) is 24.3 Å². The van der Waals surface area contributed by atoms with Gasteiger partial charge in [-0.1, -0.05) is 24.6 Å². The van der Waals surface area contributed by atoms with Crippen LogP contribution in [0.25, 0.3) is 0 Å². The van der Waals surface area contributed by atoms with E-state index in [2.05, 4.69) is 17.0 Å². The van der Waals surface area contributed by atoms with Gasteiger partial charge in [0.15, 0.2) is 0 Å². The Bertz CT molecular complexity index is 384. The minimum absolute atomic E-state index is 0.132. The molecule has 0 aliphatic heterocycles. The second-order valence-electron chi connectivity index (χ2n) is 4.72. The Balaban J connectivity index is 2.34. The number of carbonyl (C=O) groups is 1. The van der Waals surface area contributed by atoms with Crippen molar-refractivity contribution in [2.45, 2.75) is 31.6 Å². The zero-order chi connectivity index (χ0) is 11.5. The van der Waals surface area contributed by atoms with Gasteiger partial charge in [0.25, 0.3) is 0 Å². The van der Waals surface area contributed by atoms with Crippen molar-refractivity contribution in [1.82, 2.24) is 0 Å². The predicted molar refractivity (Wildman–Crippen MR) is 67.0 cm³/mol. The highest BCUT2D eigenvalue weighted by Crippen LogP contribution is 2.34. The Morgan fingerprint density at radius 3 is 2.62 bits per heavy atom. The average molecular weight is 217 g/mol. The number of hydrogen-bond acceptors (Lipinski definition) is 2. The number of para-hydroxylation sites is 1. The van der Waals surface area contributed by atoms with Crippen molar-refractivity contribution >= 4 is 11.5 Å². The van der Waals surface area contributed by atoms with Crippen LogP contribution in [0.3, 0.4) is 0 Å². The zero-order valence-electron chi connectivity index (χ0n) is 10.1. The molecule has 0 bridgehead atoms. The van der Waals surface area contributed by atoms with E-state index in [0.29, 0.717) is 5.78 Å². The van der Waals surface area contributed by atoms with Gasteiger partial charge in [-0.3, -0.25) is 4.79 Å². The van der Waals surface area contributed by atoms with Crippen LogP contribution in [-0.4, -0.2) is 19.9 Å². The van der Waals surface area contributed by atoms with E-state index in [1.807, 2.05) is 26.2 Å². The molecule has 2 heteroatoms. The molecule has 0 amide bonds. The Labute approximate surface area is 97.3 Å². The third kappa shape index (κ3) is 2.11. The summed E-state index contributed by atoms with van der Waals surface area (Å²) in [4.78, 5) is 14.0. The molecule has 1 saturated carbocycles. The molecule has 86 valence electrons. The summed E-state index contributed by atoms with van der Waals surface area (Å²) in [6, 6.07) is 8.26. The molecular formula is C14H19NO. The molecule has 2 rings (SSSR count). The maximum absolute atomic E-state index is 12.0. The van der Waals surface area contributed by atoms with Gasteiger partial charge < -0.3 is 4.90 Å². The summed E-state index contributed by atoms with van der Waals surface area (Å²) in [5.74, 6) is 0.549. The molecule has 16 heavy (non-hydrogen) atoms. The highest BCUT2D eigenvalue weighted by Gasteiger charge is 2.25. The lowest BCUT2D eigenvalue weighted by Crippen LogP contribution is -2.20. The van der Waals surface area contributed by atoms with E-state index < -0.39 is 0 Å². The number of rotatable bonds is 2. The van der Waals surface area contributed by atoms with Crippen LogP contribution in [-0.2, 0) is 4.79 Å². The number of benzene rings is 1. The molecule has 1 aliphatic carbocycles. The second kappa shape index (κ2) is 4.69. The smallest absolute Gasteiger partial charge is 0.140 e. The van der Waals surface area contributed by atoms with Gasteiger partial charge in [-0.25, -0.2) is 0 Å². The lowest BCUT2D eigenvalue weighted by Gasteiger charge is -2.25. The van der Waals surface area contributed by atoms with Gasteiger partial charge >= 0.3 is 0 Å². The van der Waals surface area contributed by atoms with Crippen LogP contribution in [0.5, 0.6) is 0 Å². The van der Waals surface area contributed by atoms with Crippen molar-refractivity contribution in [3.8, 4) is 0 Å². The summed E-state index contributed by atoms with van der Waals surface area (Å²) in [7, 11) is 4.07. The van der Waals surface area contributed by atoms with E-state index in [0.717, 1.165) is 19.3 Å². The molecule has 1 unspecified atom stereocenters. The van der Waals surface area contributed by atoms with E-state index in [9.17, 15) is 4.79 Å². The van der Waals surface area contributed by atoms with Crippen LogP contribution in [0.4, 0.5) is 5.69 Å². The molecule has 2 nitrogen and oxygen atoms in total. The number of ketones is 1. The summed E-state index contributed by atoms with van der Waals surface area (Å²) in [6.45, 7) is 0. The molecular weight excluding hydrogens is 198 g/mol. The van der Waals surface area contributed by atoms with Crippen molar-refractivity contribution in [3.63, 3.8) is 0 Å². The normalized spacial score (nSPS) is 20.9. The Morgan fingerprint density at radius 1 is 1.19 bits per heavy atom. The first-order valence-corrected chi connectivity index (χ1v) is 5.99. The first-order chi connectivity index (χ1) is 7.70. The quantitative estimate of drug-likeness (QED) is 0.759. The standard InChI is InChI=1S/C14H19NO/c1-15(2)13-9-5-3-7-11(13)12-8-4-6-10-14(12)16/h3,5,7,9,12H,4,6,8,10H2,1-2H3. The molecule has 0 aromatic heterocycles. The van der Waals surface area contributed by atoms with Gasteiger partial charge in [0.1, 0.15) is 5.78 Å². The Kier molecular flexibility index (Phi) is 3.28. The Hall–Kier alpha value is -1.31. The lowest BCUT2D eigenvalue weighted by atomic mass is 9.82. The Morgan fingerprint density at radius 2 is 1.94 bits per heavy atom. The number of carbonyl (C=O) groups excluding carboxylic acids is 1. The van der Waals surface area contributed by atoms with Gasteiger partial charge in [0.05, 0.1) is 0 Å². The number of Topliss-reactive ketones (excluding diaryl/α,β-unsaturated/α-hetero) is 1. The molecule has 0 saturated heterocycles. The SMILES string of the molecule is CN(C)c1ccccc1C1CCCCC1=O. The van der Waals surface area contributed by atoms with E-state index >= 15 is 0 Å². The molecule has 0 radical (unpaired) electrons. The van der Waals surface area contributed by atoms with E-state index in [4.69, 9.17) is 0 Å². The summed E-state index contributed by atoms with van der Waals surface area (Å²) < 4.78 is 0. The molecule has 0 heterocycles. The third-order valence-electron chi connectivity index (χ3n) is 3.35. The molecule has 0 spiro atoms. The molecule has 0 N–H and O–H groups in total. The first kappa shape index (κ1) is 11.2. The minimum atomic E-state index is 0.132. The largest absolute Gasteiger partial charge is 0.377 e. The second-order valence-corrected chi connectivity index (χ2v) is 4.72. The molecule has 1 aromatic carbocycles. The van der Waals surface area contributed by atoms with Crippen LogP contribution in [0.2, 0.25) is 0 Å². The van der Waals surface area contributed by atoms with Crippen LogP contribution in [0, 0.1) is 0 Å². The summed E-state index contributed by atoms with van der Waals surface area (Å²) in [5, 5.41) is 0. The van der Waals surface area contributed by atoms with Gasteiger partial charge in [-0.15, -0.1) is 0 Å². The highest BCUT2D eigenvalue weighted by atomic mass is 16.1. The fourth-order valence-corrected chi connectivity index (χ4v) is 2.50. The zero-order valence-corrected chi connectivity index (χ0v) is 10.1. The predicted octanol–water partition coefficient (Wildman–Crippen LogP) is 2.98. The third-order valence-corrected chi connectivity index (χ3v) is 3.35. The van der Waals surface area contributed by atoms with Crippen molar-refractivity contribution in [2.24, 2.45) is 0 Å². The number of anilines is 1. The van der Waals surface area contributed by atoms with Gasteiger partial charge in [-0.05, 0) is 24.5 Å². The summed E-state index contributed by atoms with van der Waals surface area (Å²) in [6.07, 6.45) is 4.02. The molecule has 1 atom stereocenters. The monoisotopic (exact) mass is 217 g/mol. The number of hydrogen-bond donors (Lipinski definition) is 0. The average Bonchev–Trinajstić information content (AvgIpc) is 2.29. The van der Waals surface area contributed by atoms with Crippen molar-refractivity contribution in [3.05, 3.63) is 29.8 Å². The molecule has 1 aromatic rings. The fraction of sp³-hybridized carbons (Fsp3) is 0.500. The van der Waals surface area contributed by atoms with Crippen molar-refractivity contribution < 1.29 is 4.79 Å². The van der Waals surface area contributed by atoms with E-state index in [1.165, 1.54) is 17.7 Å². The van der Waals surface area contributed by atoms with Gasteiger partial charge in [0, 0.05) is 32.1 Å². The first-order valence-electron chi connectivity index (χ1n) is 5.99. The summed E-state index contributed by atoms with van der Waals surface area (Å²) in [5.41, 5.74) is 2.39. The van der Waals surface area contributed by atoms with Gasteiger partial charge in [-0.2, -0.15) is 0 Å². The maximum Gasteiger partial charge on any atom is 0.140 e. The fourth-order valence-electron chi connectivity index (χ4n) is 2.50. The van der Waals surface area contributed by atoms with E-state index in [-0.39, 0.29) is 5.92 Å². The maximum atomic E-state index is 12.0. The summed E-state index contributed by atoms with van der Waals surface area (Å²) >= 11 is 0.